The number of fused-ring (bicyclic) bond motifs is 15. The Hall–Kier alpha value is -6.10. The van der Waals surface area contributed by atoms with Gasteiger partial charge >= 0.3 is 0 Å². The topological polar surface area (TPSA) is 30.7 Å². The Kier molecular flexibility index (Phi) is 5.84. The Morgan fingerprint density at radius 1 is 0.585 bits per heavy atom. The molecule has 0 fully saturated rings. The molecule has 0 bridgehead atoms. The predicted octanol–water partition coefficient (Wildman–Crippen LogP) is 12.8. The Labute approximate surface area is 310 Å². The predicted molar refractivity (Wildman–Crippen MR) is 223 cm³/mol. The Morgan fingerprint density at radius 2 is 1.32 bits per heavy atom. The van der Waals surface area contributed by atoms with Gasteiger partial charge in [0, 0.05) is 58.4 Å². The van der Waals surface area contributed by atoms with Gasteiger partial charge in [-0.3, -0.25) is 4.57 Å². The van der Waals surface area contributed by atoms with E-state index >= 15 is 0 Å². The van der Waals surface area contributed by atoms with Crippen molar-refractivity contribution in [1.29, 1.82) is 0 Å². The van der Waals surface area contributed by atoms with E-state index in [2.05, 4.69) is 158 Å². The molecular formula is C49H33N3S. The number of hydrogen-bond donors (Lipinski definition) is 0. The maximum atomic E-state index is 5.66. The molecule has 0 saturated heterocycles. The van der Waals surface area contributed by atoms with Crippen LogP contribution in [0.2, 0.25) is 0 Å². The largest absolute Gasteiger partial charge is 0.277 e. The smallest absolute Gasteiger partial charge is 0.235 e. The van der Waals surface area contributed by atoms with Crippen LogP contribution in [0.5, 0.6) is 0 Å². The molecule has 0 unspecified atom stereocenters. The van der Waals surface area contributed by atoms with Gasteiger partial charge in [-0.2, -0.15) is 0 Å². The molecule has 2 aliphatic carbocycles. The van der Waals surface area contributed by atoms with Crippen LogP contribution < -0.4 is 0 Å². The monoisotopic (exact) mass is 695 g/mol. The molecule has 3 heterocycles. The summed E-state index contributed by atoms with van der Waals surface area (Å²) in [4.78, 5) is 11.3. The molecule has 7 aromatic carbocycles. The first kappa shape index (κ1) is 29.5. The lowest BCUT2D eigenvalue weighted by Crippen LogP contribution is -2.14. The van der Waals surface area contributed by atoms with Crippen LogP contribution in [0, 0.1) is 0 Å². The molecule has 2 aliphatic rings. The molecule has 0 saturated carbocycles. The molecule has 0 spiro atoms. The van der Waals surface area contributed by atoms with Crippen LogP contribution in [-0.4, -0.2) is 14.5 Å². The number of rotatable bonds is 2. The van der Waals surface area contributed by atoms with Crippen molar-refractivity contribution in [2.24, 2.45) is 0 Å². The molecule has 0 aliphatic heterocycles. The van der Waals surface area contributed by atoms with Gasteiger partial charge in [-0.15, -0.1) is 11.3 Å². The minimum absolute atomic E-state index is 0.101. The summed E-state index contributed by atoms with van der Waals surface area (Å²) in [6.07, 6.45) is 1.88. The molecule has 3 nitrogen and oxygen atoms in total. The van der Waals surface area contributed by atoms with E-state index in [0.29, 0.717) is 5.95 Å². The van der Waals surface area contributed by atoms with Crippen molar-refractivity contribution >= 4 is 64.1 Å². The van der Waals surface area contributed by atoms with Gasteiger partial charge in [0.2, 0.25) is 5.95 Å². The van der Waals surface area contributed by atoms with E-state index < -0.39 is 0 Å². The summed E-state index contributed by atoms with van der Waals surface area (Å²) >= 11 is 1.86. The zero-order chi connectivity index (χ0) is 35.0. The molecule has 0 amide bonds. The van der Waals surface area contributed by atoms with E-state index in [0.717, 1.165) is 40.8 Å². The first-order valence-corrected chi connectivity index (χ1v) is 19.4. The normalized spacial score (nSPS) is 14.2. The van der Waals surface area contributed by atoms with E-state index in [1.807, 2.05) is 11.3 Å². The summed E-state index contributed by atoms with van der Waals surface area (Å²) in [5.41, 5.74) is 14.6. The fourth-order valence-corrected chi connectivity index (χ4v) is 10.8. The Balaban J connectivity index is 1.22. The molecule has 4 heteroatoms. The lowest BCUT2D eigenvalue weighted by Gasteiger charge is -2.23. The highest BCUT2D eigenvalue weighted by Crippen LogP contribution is 2.54. The van der Waals surface area contributed by atoms with Crippen LogP contribution in [0.4, 0.5) is 0 Å². The highest BCUT2D eigenvalue weighted by Gasteiger charge is 2.37. The molecule has 0 radical (unpaired) electrons. The lowest BCUT2D eigenvalue weighted by atomic mass is 9.82. The highest BCUT2D eigenvalue weighted by molar-refractivity contribution is 7.25. The third-order valence-corrected chi connectivity index (χ3v) is 13.3. The molecule has 0 N–H and O–H groups in total. The second-order valence-corrected chi connectivity index (χ2v) is 16.3. The molecule has 53 heavy (non-hydrogen) atoms. The van der Waals surface area contributed by atoms with Crippen LogP contribution in [0.3, 0.4) is 0 Å². The average Bonchev–Trinajstić information content (AvgIpc) is 3.82. The lowest BCUT2D eigenvalue weighted by molar-refractivity contribution is 0.661. The van der Waals surface area contributed by atoms with E-state index in [9.17, 15) is 0 Å². The second kappa shape index (κ2) is 10.5. The summed E-state index contributed by atoms with van der Waals surface area (Å²) < 4.78 is 4.97. The number of hydrogen-bond acceptors (Lipinski definition) is 3. The zero-order valence-corrected chi connectivity index (χ0v) is 30.3. The molecule has 12 rings (SSSR count). The number of benzene rings is 7. The number of thiophene rings is 1. The minimum atomic E-state index is -0.101. The molecular weight excluding hydrogens is 663 g/mol. The van der Waals surface area contributed by atoms with E-state index in [4.69, 9.17) is 9.97 Å². The maximum Gasteiger partial charge on any atom is 0.235 e. The van der Waals surface area contributed by atoms with Gasteiger partial charge in [0.15, 0.2) is 0 Å². The first-order chi connectivity index (χ1) is 26.0. The van der Waals surface area contributed by atoms with Crippen LogP contribution in [0.15, 0.2) is 140 Å². The van der Waals surface area contributed by atoms with Crippen LogP contribution >= 0.6 is 11.3 Å². The van der Waals surface area contributed by atoms with Crippen LogP contribution in [-0.2, 0) is 18.3 Å². The number of aromatic nitrogens is 3. The number of nitrogens with zero attached hydrogens (tertiary/aromatic N) is 3. The van der Waals surface area contributed by atoms with Crippen molar-refractivity contribution in [3.63, 3.8) is 0 Å². The first-order valence-electron chi connectivity index (χ1n) is 18.5. The molecule has 0 atom stereocenters. The van der Waals surface area contributed by atoms with Gasteiger partial charge in [-0.05, 0) is 64.2 Å². The van der Waals surface area contributed by atoms with Crippen molar-refractivity contribution in [3.05, 3.63) is 162 Å². The zero-order valence-electron chi connectivity index (χ0n) is 29.4. The third-order valence-electron chi connectivity index (χ3n) is 12.1. The van der Waals surface area contributed by atoms with Crippen molar-refractivity contribution in [1.82, 2.24) is 14.5 Å². The standard InChI is InChI=1S/C49H33N3S/c1-49(2)38-17-9-7-16-35(38)43-39(49)25-26-40-44(43)36-23-19-29-12-4-6-14-32(29)47(36)52(40)48-50-45(37-24-20-28-11-3-5-13-31(28)46(37)51-48)30-21-22-34-33-15-8-10-18-41(33)53-42(34)27-30/h3-19,21-23,25-27H,20,24H2,1-2H3. The van der Waals surface area contributed by atoms with Gasteiger partial charge in [0.25, 0.3) is 0 Å². The summed E-state index contributed by atoms with van der Waals surface area (Å²) in [5, 5.41) is 7.53. The molecule has 3 aromatic heterocycles. The summed E-state index contributed by atoms with van der Waals surface area (Å²) in [7, 11) is 0. The van der Waals surface area contributed by atoms with E-state index in [1.54, 1.807) is 0 Å². The van der Waals surface area contributed by atoms with Gasteiger partial charge in [-0.25, -0.2) is 9.97 Å². The average molecular weight is 696 g/mol. The Morgan fingerprint density at radius 3 is 2.25 bits per heavy atom. The minimum Gasteiger partial charge on any atom is -0.277 e. The van der Waals surface area contributed by atoms with Crippen LogP contribution in [0.1, 0.15) is 36.1 Å². The third kappa shape index (κ3) is 3.94. The quantitative estimate of drug-likeness (QED) is 0.180. The maximum absolute atomic E-state index is 5.66. The van der Waals surface area contributed by atoms with Crippen LogP contribution in [0.25, 0.3) is 92.3 Å². The molecule has 10 aromatic rings. The van der Waals surface area contributed by atoms with Crippen molar-refractivity contribution in [2.75, 3.05) is 0 Å². The van der Waals surface area contributed by atoms with Crippen molar-refractivity contribution in [2.45, 2.75) is 32.1 Å². The van der Waals surface area contributed by atoms with Gasteiger partial charge < -0.3 is 0 Å². The van der Waals surface area contributed by atoms with E-state index in [1.165, 1.54) is 80.7 Å². The van der Waals surface area contributed by atoms with Crippen molar-refractivity contribution < 1.29 is 0 Å². The summed E-state index contributed by atoms with van der Waals surface area (Å²) in [6, 6.07) is 51.5. The van der Waals surface area contributed by atoms with Gasteiger partial charge in [-0.1, -0.05) is 135 Å². The summed E-state index contributed by atoms with van der Waals surface area (Å²) in [5.74, 6) is 0.716. The number of aryl methyl sites for hydroxylation is 1. The second-order valence-electron chi connectivity index (χ2n) is 15.2. The van der Waals surface area contributed by atoms with Gasteiger partial charge in [0.1, 0.15) is 0 Å². The van der Waals surface area contributed by atoms with E-state index in [-0.39, 0.29) is 5.41 Å². The van der Waals surface area contributed by atoms with Crippen molar-refractivity contribution in [3.8, 4) is 39.6 Å². The fourth-order valence-electron chi connectivity index (χ4n) is 9.64. The van der Waals surface area contributed by atoms with Gasteiger partial charge in [0.05, 0.1) is 22.4 Å². The summed E-state index contributed by atoms with van der Waals surface area (Å²) in [6.45, 7) is 4.73. The molecule has 250 valence electrons. The SMILES string of the molecule is CC1(C)c2ccccc2-c2c1ccc1c2c2ccc3ccccc3c2n1-c1nc(-c2ccc3c(c2)sc2ccccc23)c2c(n1)-c1ccccc1CC2. The Bertz CT molecular complexity index is 3210. The highest BCUT2D eigenvalue weighted by atomic mass is 32.1. The fraction of sp³-hybridized carbons (Fsp3) is 0.102.